The Kier molecular flexibility index (Phi) is 4.56. The summed E-state index contributed by atoms with van der Waals surface area (Å²) in [7, 11) is 0. The Balaban J connectivity index is 1.62. The van der Waals surface area contributed by atoms with E-state index in [0.29, 0.717) is 5.13 Å². The van der Waals surface area contributed by atoms with Crippen molar-refractivity contribution in [2.24, 2.45) is 5.92 Å². The Hall–Kier alpha value is -1.39. The number of carbonyl (C=O) groups is 1. The summed E-state index contributed by atoms with van der Waals surface area (Å²) >= 11 is 7.52. The van der Waals surface area contributed by atoms with Gasteiger partial charge < -0.3 is 5.32 Å². The Morgan fingerprint density at radius 1 is 1.38 bits per heavy atom. The SMILES string of the molecule is O=C(Nc1ncc(Cc2cccc(Cl)c2)s1)C1CCCC1. The minimum atomic E-state index is 0.121. The van der Waals surface area contributed by atoms with E-state index in [9.17, 15) is 4.79 Å². The first-order valence-electron chi connectivity index (χ1n) is 7.21. The minimum Gasteiger partial charge on any atom is -0.302 e. The zero-order chi connectivity index (χ0) is 14.7. The van der Waals surface area contributed by atoms with Crippen molar-refractivity contribution in [3.8, 4) is 0 Å². The van der Waals surface area contributed by atoms with Gasteiger partial charge in [-0.2, -0.15) is 0 Å². The summed E-state index contributed by atoms with van der Waals surface area (Å²) in [6, 6.07) is 7.81. The van der Waals surface area contributed by atoms with Crippen LogP contribution >= 0.6 is 22.9 Å². The van der Waals surface area contributed by atoms with Crippen LogP contribution in [0.4, 0.5) is 5.13 Å². The first kappa shape index (κ1) is 14.5. The predicted molar refractivity (Wildman–Crippen MR) is 87.0 cm³/mol. The van der Waals surface area contributed by atoms with E-state index in [4.69, 9.17) is 11.6 Å². The lowest BCUT2D eigenvalue weighted by molar-refractivity contribution is -0.119. The molecule has 1 N–H and O–H groups in total. The van der Waals surface area contributed by atoms with Gasteiger partial charge >= 0.3 is 0 Å². The number of hydrogen-bond acceptors (Lipinski definition) is 3. The van der Waals surface area contributed by atoms with Crippen LogP contribution in [0.5, 0.6) is 0 Å². The fourth-order valence-corrected chi connectivity index (χ4v) is 3.75. The van der Waals surface area contributed by atoms with E-state index in [1.165, 1.54) is 11.3 Å². The molecule has 3 nitrogen and oxygen atoms in total. The molecule has 1 aliphatic carbocycles. The largest absolute Gasteiger partial charge is 0.302 e. The monoisotopic (exact) mass is 320 g/mol. The standard InChI is InChI=1S/C16H17ClN2OS/c17-13-7-3-4-11(8-13)9-14-10-18-16(21-14)19-15(20)12-5-1-2-6-12/h3-4,7-8,10,12H,1-2,5-6,9H2,(H,18,19,20). The molecule has 2 aromatic rings. The molecule has 1 heterocycles. The van der Waals surface area contributed by atoms with E-state index in [1.54, 1.807) is 0 Å². The molecule has 0 aliphatic heterocycles. The van der Waals surface area contributed by atoms with Crippen LogP contribution in [0, 0.1) is 5.92 Å². The van der Waals surface area contributed by atoms with Crippen LogP contribution in [0.3, 0.4) is 0 Å². The zero-order valence-electron chi connectivity index (χ0n) is 11.6. The average Bonchev–Trinajstić information content (AvgIpc) is 3.10. The molecular formula is C16H17ClN2OS. The third kappa shape index (κ3) is 3.83. The summed E-state index contributed by atoms with van der Waals surface area (Å²) in [5.41, 5.74) is 1.15. The molecule has 0 radical (unpaired) electrons. The molecule has 1 aromatic carbocycles. The van der Waals surface area contributed by atoms with Crippen molar-refractivity contribution in [2.45, 2.75) is 32.1 Å². The summed E-state index contributed by atoms with van der Waals surface area (Å²) in [5.74, 6) is 0.293. The number of aromatic nitrogens is 1. The van der Waals surface area contributed by atoms with E-state index >= 15 is 0 Å². The lowest BCUT2D eigenvalue weighted by Crippen LogP contribution is -2.19. The third-order valence-corrected chi connectivity index (χ3v) is 4.92. The molecule has 0 atom stereocenters. The summed E-state index contributed by atoms with van der Waals surface area (Å²) in [5, 5.41) is 4.38. The first-order chi connectivity index (χ1) is 10.2. The van der Waals surface area contributed by atoms with Gasteiger partial charge in [-0.05, 0) is 30.5 Å². The molecule has 1 saturated carbocycles. The molecular weight excluding hydrogens is 304 g/mol. The fraction of sp³-hybridized carbons (Fsp3) is 0.375. The van der Waals surface area contributed by atoms with Gasteiger partial charge in [-0.25, -0.2) is 4.98 Å². The Labute approximate surface area is 133 Å². The van der Waals surface area contributed by atoms with E-state index < -0.39 is 0 Å². The minimum absolute atomic E-state index is 0.121. The van der Waals surface area contributed by atoms with Crippen LogP contribution in [0.25, 0.3) is 0 Å². The van der Waals surface area contributed by atoms with Crippen molar-refractivity contribution in [3.63, 3.8) is 0 Å². The molecule has 1 aromatic heterocycles. The number of anilines is 1. The van der Waals surface area contributed by atoms with E-state index in [-0.39, 0.29) is 11.8 Å². The van der Waals surface area contributed by atoms with E-state index in [2.05, 4.69) is 10.3 Å². The van der Waals surface area contributed by atoms with Gasteiger partial charge in [0.05, 0.1) is 0 Å². The number of nitrogens with one attached hydrogen (secondary N) is 1. The molecule has 1 amide bonds. The van der Waals surface area contributed by atoms with Crippen molar-refractivity contribution < 1.29 is 4.79 Å². The number of amides is 1. The quantitative estimate of drug-likeness (QED) is 0.900. The number of halogens is 1. The number of benzene rings is 1. The third-order valence-electron chi connectivity index (χ3n) is 3.78. The van der Waals surface area contributed by atoms with Gasteiger partial charge in [-0.1, -0.05) is 36.6 Å². The molecule has 1 aliphatic rings. The number of rotatable bonds is 4. The van der Waals surface area contributed by atoms with Gasteiger partial charge in [0.2, 0.25) is 5.91 Å². The second kappa shape index (κ2) is 6.58. The molecule has 21 heavy (non-hydrogen) atoms. The van der Waals surface area contributed by atoms with Gasteiger partial charge in [-0.3, -0.25) is 4.79 Å². The summed E-state index contributed by atoms with van der Waals surface area (Å²) < 4.78 is 0. The van der Waals surface area contributed by atoms with Crippen LogP contribution in [-0.2, 0) is 11.2 Å². The number of hydrogen-bond donors (Lipinski definition) is 1. The lowest BCUT2D eigenvalue weighted by atomic mass is 10.1. The van der Waals surface area contributed by atoms with Gasteiger partial charge in [-0.15, -0.1) is 11.3 Å². The van der Waals surface area contributed by atoms with Crippen LogP contribution in [0.1, 0.15) is 36.1 Å². The Morgan fingerprint density at radius 2 is 2.19 bits per heavy atom. The van der Waals surface area contributed by atoms with Crippen molar-refractivity contribution in [3.05, 3.63) is 45.9 Å². The summed E-state index contributed by atoms with van der Waals surface area (Å²) in [6.07, 6.45) is 6.96. The van der Waals surface area contributed by atoms with E-state index in [0.717, 1.165) is 47.6 Å². The molecule has 5 heteroatoms. The van der Waals surface area contributed by atoms with Crippen molar-refractivity contribution in [2.75, 3.05) is 5.32 Å². The second-order valence-electron chi connectivity index (χ2n) is 5.41. The maximum absolute atomic E-state index is 12.1. The maximum atomic E-state index is 12.1. The molecule has 0 spiro atoms. The predicted octanol–water partition coefficient (Wildman–Crippen LogP) is 4.52. The number of thiazole rings is 1. The zero-order valence-corrected chi connectivity index (χ0v) is 13.2. The highest BCUT2D eigenvalue weighted by atomic mass is 35.5. The smallest absolute Gasteiger partial charge is 0.229 e. The molecule has 0 unspecified atom stereocenters. The molecule has 1 fully saturated rings. The van der Waals surface area contributed by atoms with Gasteiger partial charge in [0.15, 0.2) is 5.13 Å². The molecule has 0 saturated heterocycles. The number of nitrogens with zero attached hydrogens (tertiary/aromatic N) is 1. The van der Waals surface area contributed by atoms with E-state index in [1.807, 2.05) is 30.5 Å². The highest BCUT2D eigenvalue weighted by Gasteiger charge is 2.23. The van der Waals surface area contributed by atoms with Crippen LogP contribution in [-0.4, -0.2) is 10.9 Å². The fourth-order valence-electron chi connectivity index (χ4n) is 2.69. The van der Waals surface area contributed by atoms with Crippen molar-refractivity contribution in [1.29, 1.82) is 0 Å². The molecule has 110 valence electrons. The first-order valence-corrected chi connectivity index (χ1v) is 8.40. The highest BCUT2D eigenvalue weighted by Crippen LogP contribution is 2.27. The van der Waals surface area contributed by atoms with Crippen molar-refractivity contribution in [1.82, 2.24) is 4.98 Å². The Morgan fingerprint density at radius 3 is 2.95 bits per heavy atom. The molecule has 0 bridgehead atoms. The second-order valence-corrected chi connectivity index (χ2v) is 6.96. The Bertz CT molecular complexity index is 635. The van der Waals surface area contributed by atoms with Gasteiger partial charge in [0, 0.05) is 28.4 Å². The lowest BCUT2D eigenvalue weighted by Gasteiger charge is -2.07. The van der Waals surface area contributed by atoms with Crippen molar-refractivity contribution >= 4 is 34.0 Å². The topological polar surface area (TPSA) is 42.0 Å². The van der Waals surface area contributed by atoms with Crippen LogP contribution in [0.2, 0.25) is 5.02 Å². The van der Waals surface area contributed by atoms with Gasteiger partial charge in [0.1, 0.15) is 0 Å². The normalized spacial score (nSPS) is 15.3. The maximum Gasteiger partial charge on any atom is 0.229 e. The average molecular weight is 321 g/mol. The highest BCUT2D eigenvalue weighted by molar-refractivity contribution is 7.15. The van der Waals surface area contributed by atoms with Crippen LogP contribution < -0.4 is 5.32 Å². The summed E-state index contributed by atoms with van der Waals surface area (Å²) in [6.45, 7) is 0. The number of carbonyl (C=O) groups excluding carboxylic acids is 1. The summed E-state index contributed by atoms with van der Waals surface area (Å²) in [4.78, 5) is 17.5. The van der Waals surface area contributed by atoms with Gasteiger partial charge in [0.25, 0.3) is 0 Å². The van der Waals surface area contributed by atoms with Crippen LogP contribution in [0.15, 0.2) is 30.5 Å². The molecule has 3 rings (SSSR count).